The van der Waals surface area contributed by atoms with Crippen molar-refractivity contribution in [3.05, 3.63) is 51.7 Å². The minimum Gasteiger partial charge on any atom is -0.490 e. The summed E-state index contributed by atoms with van der Waals surface area (Å²) >= 11 is 9.37. The number of halogens is 2. The van der Waals surface area contributed by atoms with Gasteiger partial charge in [-0.25, -0.2) is 0 Å². The zero-order chi connectivity index (χ0) is 15.4. The number of aromatic nitrogens is 1. The summed E-state index contributed by atoms with van der Waals surface area (Å²) in [5, 5.41) is 0.567. The summed E-state index contributed by atoms with van der Waals surface area (Å²) in [4.78, 5) is 13.9. The molecule has 0 aliphatic heterocycles. The number of nitrogens with zero attached hydrogens (tertiary/aromatic N) is 2. The Morgan fingerprint density at radius 2 is 2.14 bits per heavy atom. The first-order chi connectivity index (χ1) is 9.99. The Labute approximate surface area is 137 Å². The second kappa shape index (κ2) is 7.00. The molecule has 1 heterocycles. The molecule has 112 valence electrons. The van der Waals surface area contributed by atoms with Gasteiger partial charge in [0.2, 0.25) is 0 Å². The standard InChI is InChI=1S/C15H16BrClN2O2/c1-18(15(20)13-9-11(16)10-19(13)2)7-8-21-14-6-4-3-5-12(14)17/h3-6,9-10H,7-8H2,1-2H3. The number of carbonyl (C=O) groups excluding carboxylic acids is 1. The van der Waals surface area contributed by atoms with Crippen LogP contribution in [0.2, 0.25) is 5.02 Å². The van der Waals surface area contributed by atoms with Gasteiger partial charge in [-0.3, -0.25) is 4.79 Å². The van der Waals surface area contributed by atoms with Crippen molar-refractivity contribution in [3.63, 3.8) is 0 Å². The van der Waals surface area contributed by atoms with Crippen LogP contribution >= 0.6 is 27.5 Å². The molecule has 2 rings (SSSR count). The van der Waals surface area contributed by atoms with E-state index in [0.29, 0.717) is 29.6 Å². The van der Waals surface area contributed by atoms with Crippen molar-refractivity contribution in [2.45, 2.75) is 0 Å². The SMILES string of the molecule is CN(CCOc1ccccc1Cl)C(=O)c1cc(Br)cn1C. The monoisotopic (exact) mass is 370 g/mol. The normalized spacial score (nSPS) is 10.5. The highest BCUT2D eigenvalue weighted by molar-refractivity contribution is 9.10. The highest BCUT2D eigenvalue weighted by Crippen LogP contribution is 2.23. The zero-order valence-corrected chi connectivity index (χ0v) is 14.2. The van der Waals surface area contributed by atoms with Gasteiger partial charge in [-0.2, -0.15) is 0 Å². The molecule has 0 radical (unpaired) electrons. The number of likely N-dealkylation sites (N-methyl/N-ethyl adjacent to an activating group) is 1. The van der Waals surface area contributed by atoms with E-state index >= 15 is 0 Å². The number of para-hydroxylation sites is 1. The van der Waals surface area contributed by atoms with Crippen molar-refractivity contribution in [1.82, 2.24) is 9.47 Å². The lowest BCUT2D eigenvalue weighted by molar-refractivity contribution is 0.0764. The minimum absolute atomic E-state index is 0.0500. The number of hydrogen-bond acceptors (Lipinski definition) is 2. The van der Waals surface area contributed by atoms with E-state index < -0.39 is 0 Å². The zero-order valence-electron chi connectivity index (χ0n) is 11.8. The molecule has 6 heteroatoms. The largest absolute Gasteiger partial charge is 0.490 e. The lowest BCUT2D eigenvalue weighted by atomic mass is 10.3. The van der Waals surface area contributed by atoms with Crippen LogP contribution in [0.1, 0.15) is 10.5 Å². The Bertz CT molecular complexity index is 642. The third-order valence-corrected chi connectivity index (χ3v) is 3.80. The van der Waals surface area contributed by atoms with Gasteiger partial charge in [0, 0.05) is 24.8 Å². The molecule has 0 atom stereocenters. The number of rotatable bonds is 5. The summed E-state index contributed by atoms with van der Waals surface area (Å²) < 4.78 is 8.26. The van der Waals surface area contributed by atoms with Crippen LogP contribution in [0.25, 0.3) is 0 Å². The summed E-state index contributed by atoms with van der Waals surface area (Å²) in [6, 6.07) is 9.08. The Morgan fingerprint density at radius 1 is 1.43 bits per heavy atom. The van der Waals surface area contributed by atoms with Gasteiger partial charge in [0.15, 0.2) is 0 Å². The lowest BCUT2D eigenvalue weighted by Gasteiger charge is -2.18. The maximum absolute atomic E-state index is 12.3. The van der Waals surface area contributed by atoms with Gasteiger partial charge in [-0.1, -0.05) is 23.7 Å². The number of hydrogen-bond donors (Lipinski definition) is 0. The van der Waals surface area contributed by atoms with Gasteiger partial charge in [0.1, 0.15) is 18.1 Å². The second-order valence-electron chi connectivity index (χ2n) is 4.66. The fourth-order valence-corrected chi connectivity index (χ4v) is 2.60. The van der Waals surface area contributed by atoms with E-state index in [1.807, 2.05) is 25.4 Å². The van der Waals surface area contributed by atoms with Crippen molar-refractivity contribution in [1.29, 1.82) is 0 Å². The molecule has 0 aliphatic carbocycles. The summed E-state index contributed by atoms with van der Waals surface area (Å²) in [5.41, 5.74) is 0.627. The fraction of sp³-hybridized carbons (Fsp3) is 0.267. The summed E-state index contributed by atoms with van der Waals surface area (Å²) in [6.07, 6.45) is 1.85. The molecule has 0 bridgehead atoms. The highest BCUT2D eigenvalue weighted by atomic mass is 79.9. The summed E-state index contributed by atoms with van der Waals surface area (Å²) in [5.74, 6) is 0.576. The Hall–Kier alpha value is -1.46. The number of amides is 1. The molecular formula is C15H16BrClN2O2. The smallest absolute Gasteiger partial charge is 0.270 e. The molecule has 2 aromatic rings. The van der Waals surface area contributed by atoms with E-state index in [2.05, 4.69) is 15.9 Å². The molecule has 1 aromatic carbocycles. The van der Waals surface area contributed by atoms with Crippen LogP contribution < -0.4 is 4.74 Å². The van der Waals surface area contributed by atoms with Crippen molar-refractivity contribution >= 4 is 33.4 Å². The molecule has 21 heavy (non-hydrogen) atoms. The van der Waals surface area contributed by atoms with Crippen molar-refractivity contribution in [2.24, 2.45) is 7.05 Å². The molecule has 0 saturated heterocycles. The predicted octanol–water partition coefficient (Wildman–Crippen LogP) is 3.59. The van der Waals surface area contributed by atoms with Crippen LogP contribution in [0.5, 0.6) is 5.75 Å². The molecule has 1 amide bonds. The third kappa shape index (κ3) is 4.02. The number of carbonyl (C=O) groups is 1. The topological polar surface area (TPSA) is 34.5 Å². The number of aryl methyl sites for hydroxylation is 1. The first-order valence-corrected chi connectivity index (χ1v) is 7.61. The molecular weight excluding hydrogens is 356 g/mol. The molecule has 0 aliphatic rings. The first-order valence-electron chi connectivity index (χ1n) is 6.43. The van der Waals surface area contributed by atoms with Gasteiger partial charge >= 0.3 is 0 Å². The van der Waals surface area contributed by atoms with E-state index in [1.165, 1.54) is 0 Å². The van der Waals surface area contributed by atoms with Gasteiger partial charge in [-0.05, 0) is 34.1 Å². The van der Waals surface area contributed by atoms with E-state index in [9.17, 15) is 4.79 Å². The summed E-state index contributed by atoms with van der Waals surface area (Å²) in [7, 11) is 3.59. The minimum atomic E-state index is -0.0500. The van der Waals surface area contributed by atoms with Crippen LogP contribution in [0.3, 0.4) is 0 Å². The molecule has 0 saturated carbocycles. The molecule has 4 nitrogen and oxygen atoms in total. The van der Waals surface area contributed by atoms with E-state index in [4.69, 9.17) is 16.3 Å². The van der Waals surface area contributed by atoms with Crippen LogP contribution in [-0.2, 0) is 7.05 Å². The maximum Gasteiger partial charge on any atom is 0.270 e. The van der Waals surface area contributed by atoms with E-state index in [1.54, 1.807) is 34.7 Å². The average molecular weight is 372 g/mol. The van der Waals surface area contributed by atoms with Gasteiger partial charge in [-0.15, -0.1) is 0 Å². The van der Waals surface area contributed by atoms with Crippen LogP contribution in [0.15, 0.2) is 41.0 Å². The molecule has 0 spiro atoms. The van der Waals surface area contributed by atoms with E-state index in [0.717, 1.165) is 4.47 Å². The second-order valence-corrected chi connectivity index (χ2v) is 5.98. The Morgan fingerprint density at radius 3 is 2.76 bits per heavy atom. The quantitative estimate of drug-likeness (QED) is 0.805. The highest BCUT2D eigenvalue weighted by Gasteiger charge is 2.15. The predicted molar refractivity (Wildman–Crippen MR) is 87.0 cm³/mol. The number of ether oxygens (including phenoxy) is 1. The fourth-order valence-electron chi connectivity index (χ4n) is 1.89. The van der Waals surface area contributed by atoms with Crippen molar-refractivity contribution < 1.29 is 9.53 Å². The Kier molecular flexibility index (Phi) is 5.31. The van der Waals surface area contributed by atoms with E-state index in [-0.39, 0.29) is 5.91 Å². The molecule has 0 unspecified atom stereocenters. The molecule has 0 fully saturated rings. The van der Waals surface area contributed by atoms with Gasteiger partial charge in [0.05, 0.1) is 11.6 Å². The number of benzene rings is 1. The van der Waals surface area contributed by atoms with Crippen molar-refractivity contribution in [2.75, 3.05) is 20.2 Å². The summed E-state index contributed by atoms with van der Waals surface area (Å²) in [6.45, 7) is 0.865. The van der Waals surface area contributed by atoms with Gasteiger partial charge < -0.3 is 14.2 Å². The average Bonchev–Trinajstić information content (AvgIpc) is 2.79. The van der Waals surface area contributed by atoms with Gasteiger partial charge in [0.25, 0.3) is 5.91 Å². The molecule has 1 aromatic heterocycles. The van der Waals surface area contributed by atoms with Crippen LogP contribution in [0.4, 0.5) is 0 Å². The van der Waals surface area contributed by atoms with Crippen molar-refractivity contribution in [3.8, 4) is 5.75 Å². The maximum atomic E-state index is 12.3. The lowest BCUT2D eigenvalue weighted by Crippen LogP contribution is -2.32. The first kappa shape index (κ1) is 15.9. The third-order valence-electron chi connectivity index (χ3n) is 3.06. The Balaban J connectivity index is 1.90. The molecule has 0 N–H and O–H groups in total. The van der Waals surface area contributed by atoms with Crippen LogP contribution in [-0.4, -0.2) is 35.6 Å². The van der Waals surface area contributed by atoms with Crippen LogP contribution in [0, 0.1) is 0 Å².